The molecule has 120 valence electrons. The average Bonchev–Trinajstić information content (AvgIpc) is 2.81. The van der Waals surface area contributed by atoms with Crippen LogP contribution >= 0.6 is 22.9 Å². The van der Waals surface area contributed by atoms with Crippen LogP contribution in [0.25, 0.3) is 10.2 Å². The third-order valence-electron chi connectivity index (χ3n) is 3.41. The Morgan fingerprint density at radius 2 is 1.83 bits per heavy atom. The molecule has 0 fully saturated rings. The second-order valence-electron chi connectivity index (χ2n) is 5.01. The molecule has 0 bridgehead atoms. The van der Waals surface area contributed by atoms with Crippen LogP contribution < -0.4 is 4.80 Å². The Labute approximate surface area is 141 Å². The molecule has 0 amide bonds. The third kappa shape index (κ3) is 2.91. The number of fused-ring (bicyclic) bond motifs is 1. The minimum absolute atomic E-state index is 0.0563. The predicted octanol–water partition coefficient (Wildman–Crippen LogP) is 3.63. The molecule has 0 aliphatic heterocycles. The lowest BCUT2D eigenvalue weighted by atomic mass is 10.2. The quantitative estimate of drug-likeness (QED) is 0.691. The molecule has 23 heavy (non-hydrogen) atoms. The predicted molar refractivity (Wildman–Crippen MR) is 89.7 cm³/mol. The van der Waals surface area contributed by atoms with E-state index in [0.29, 0.717) is 9.82 Å². The van der Waals surface area contributed by atoms with Crippen LogP contribution in [0, 0.1) is 12.7 Å². The summed E-state index contributed by atoms with van der Waals surface area (Å²) in [6.07, 6.45) is 0. The zero-order valence-electron chi connectivity index (χ0n) is 12.2. The van der Waals surface area contributed by atoms with Gasteiger partial charge in [0.25, 0.3) is 10.0 Å². The standard InChI is InChI=1S/C15H12ClFN2O2S2/c1-9-3-8-12(16)14-13(9)19(2)15(22-14)18-23(20,21)11-6-4-10(17)5-7-11/h3-8H,1-2H3/b18-15-. The summed E-state index contributed by atoms with van der Waals surface area (Å²) >= 11 is 7.38. The smallest absolute Gasteiger partial charge is 0.285 e. The highest BCUT2D eigenvalue weighted by Gasteiger charge is 2.15. The SMILES string of the molecule is Cc1ccc(Cl)c2s/c(=N\S(=O)(=O)c3ccc(F)cc3)n(C)c12. The van der Waals surface area contributed by atoms with Gasteiger partial charge in [0.15, 0.2) is 0 Å². The molecule has 0 saturated heterocycles. The zero-order valence-corrected chi connectivity index (χ0v) is 14.6. The number of benzene rings is 2. The molecule has 0 aliphatic rings. The molecule has 3 aromatic rings. The maximum absolute atomic E-state index is 13.0. The Balaban J connectivity index is 2.26. The molecule has 1 aromatic heterocycles. The van der Waals surface area contributed by atoms with Gasteiger partial charge >= 0.3 is 0 Å². The molecule has 3 rings (SSSR count). The summed E-state index contributed by atoms with van der Waals surface area (Å²) in [6, 6.07) is 8.21. The average molecular weight is 371 g/mol. The fraction of sp³-hybridized carbons (Fsp3) is 0.133. The first-order valence-corrected chi connectivity index (χ1v) is 9.24. The van der Waals surface area contributed by atoms with Crippen molar-refractivity contribution < 1.29 is 12.8 Å². The number of nitrogens with zero attached hydrogens (tertiary/aromatic N) is 2. The number of rotatable bonds is 2. The van der Waals surface area contributed by atoms with Gasteiger partial charge in [0.2, 0.25) is 4.80 Å². The van der Waals surface area contributed by atoms with Crippen molar-refractivity contribution >= 4 is 43.2 Å². The minimum Gasteiger partial charge on any atom is -0.319 e. The summed E-state index contributed by atoms with van der Waals surface area (Å²) in [5, 5.41) is 0.548. The Morgan fingerprint density at radius 3 is 2.43 bits per heavy atom. The molecule has 0 radical (unpaired) electrons. The molecule has 0 atom stereocenters. The molecule has 2 aromatic carbocycles. The normalized spacial score (nSPS) is 13.0. The van der Waals surface area contributed by atoms with Gasteiger partial charge in [-0.25, -0.2) is 4.39 Å². The molecule has 0 aliphatic carbocycles. The zero-order chi connectivity index (χ0) is 16.8. The summed E-state index contributed by atoms with van der Waals surface area (Å²) in [6.45, 7) is 1.92. The molecule has 0 saturated carbocycles. The van der Waals surface area contributed by atoms with E-state index in [1.54, 1.807) is 17.7 Å². The highest BCUT2D eigenvalue weighted by molar-refractivity contribution is 7.90. The number of aryl methyl sites for hydroxylation is 2. The number of sulfonamides is 1. The lowest BCUT2D eigenvalue weighted by Crippen LogP contribution is -2.14. The van der Waals surface area contributed by atoms with Gasteiger partial charge in [-0.15, -0.1) is 4.40 Å². The van der Waals surface area contributed by atoms with Crippen molar-refractivity contribution in [2.45, 2.75) is 11.8 Å². The highest BCUT2D eigenvalue weighted by atomic mass is 35.5. The number of thiazole rings is 1. The van der Waals surface area contributed by atoms with Gasteiger partial charge in [-0.2, -0.15) is 8.42 Å². The Kier molecular flexibility index (Phi) is 4.03. The van der Waals surface area contributed by atoms with Crippen LogP contribution in [-0.4, -0.2) is 13.0 Å². The number of halogens is 2. The van der Waals surface area contributed by atoms with Crippen molar-refractivity contribution in [2.24, 2.45) is 11.4 Å². The number of hydrogen-bond donors (Lipinski definition) is 0. The van der Waals surface area contributed by atoms with Gasteiger partial charge in [-0.05, 0) is 42.8 Å². The van der Waals surface area contributed by atoms with E-state index >= 15 is 0 Å². The summed E-state index contributed by atoms with van der Waals surface area (Å²) in [7, 11) is -2.18. The molecule has 1 heterocycles. The molecule has 0 unspecified atom stereocenters. The van der Waals surface area contributed by atoms with Crippen molar-refractivity contribution in [1.82, 2.24) is 4.57 Å². The maximum atomic E-state index is 13.0. The van der Waals surface area contributed by atoms with Gasteiger partial charge in [0, 0.05) is 7.05 Å². The first-order valence-electron chi connectivity index (χ1n) is 6.61. The van der Waals surface area contributed by atoms with Crippen LogP contribution in [0.5, 0.6) is 0 Å². The van der Waals surface area contributed by atoms with Crippen LogP contribution in [0.4, 0.5) is 4.39 Å². The largest absolute Gasteiger partial charge is 0.319 e. The topological polar surface area (TPSA) is 51.4 Å². The van der Waals surface area contributed by atoms with E-state index in [0.717, 1.165) is 27.9 Å². The number of hydrogen-bond acceptors (Lipinski definition) is 3. The molecule has 0 N–H and O–H groups in total. The van der Waals surface area contributed by atoms with Crippen LogP contribution in [0.1, 0.15) is 5.56 Å². The Morgan fingerprint density at radius 1 is 1.17 bits per heavy atom. The second-order valence-corrected chi connectivity index (χ2v) is 7.99. The van der Waals surface area contributed by atoms with E-state index in [-0.39, 0.29) is 4.90 Å². The van der Waals surface area contributed by atoms with Gasteiger partial charge in [-0.3, -0.25) is 0 Å². The Bertz CT molecular complexity index is 1070. The van der Waals surface area contributed by atoms with Crippen molar-refractivity contribution in [3.63, 3.8) is 0 Å². The van der Waals surface area contributed by atoms with Gasteiger partial charge in [0.05, 0.1) is 20.1 Å². The van der Waals surface area contributed by atoms with E-state index in [9.17, 15) is 12.8 Å². The highest BCUT2D eigenvalue weighted by Crippen LogP contribution is 2.28. The monoisotopic (exact) mass is 370 g/mol. The van der Waals surface area contributed by atoms with Gasteiger partial charge < -0.3 is 4.57 Å². The van der Waals surface area contributed by atoms with E-state index < -0.39 is 15.8 Å². The summed E-state index contributed by atoms with van der Waals surface area (Å²) < 4.78 is 44.1. The fourth-order valence-electron chi connectivity index (χ4n) is 2.26. The summed E-state index contributed by atoms with van der Waals surface area (Å²) in [5.41, 5.74) is 1.82. The van der Waals surface area contributed by atoms with Crippen LogP contribution in [0.2, 0.25) is 5.02 Å². The van der Waals surface area contributed by atoms with Gasteiger partial charge in [0.1, 0.15) is 5.82 Å². The van der Waals surface area contributed by atoms with Crippen molar-refractivity contribution in [3.8, 4) is 0 Å². The van der Waals surface area contributed by atoms with E-state index in [1.165, 1.54) is 23.5 Å². The summed E-state index contributed by atoms with van der Waals surface area (Å²) in [5.74, 6) is -0.501. The van der Waals surface area contributed by atoms with Crippen LogP contribution in [0.3, 0.4) is 0 Å². The Hall–Kier alpha value is -1.70. The van der Waals surface area contributed by atoms with E-state index in [2.05, 4.69) is 4.40 Å². The van der Waals surface area contributed by atoms with Crippen LogP contribution in [-0.2, 0) is 17.1 Å². The second kappa shape index (κ2) is 5.74. The molecule has 4 nitrogen and oxygen atoms in total. The molecule has 0 spiro atoms. The molecular weight excluding hydrogens is 359 g/mol. The van der Waals surface area contributed by atoms with Crippen molar-refractivity contribution in [2.75, 3.05) is 0 Å². The minimum atomic E-state index is -3.92. The van der Waals surface area contributed by atoms with E-state index in [4.69, 9.17) is 11.6 Å². The fourth-order valence-corrected chi connectivity index (χ4v) is 4.85. The molecular formula is C15H12ClFN2O2S2. The molecule has 8 heteroatoms. The third-order valence-corrected chi connectivity index (χ3v) is 6.40. The van der Waals surface area contributed by atoms with Crippen molar-refractivity contribution in [1.29, 1.82) is 0 Å². The number of aromatic nitrogens is 1. The lowest BCUT2D eigenvalue weighted by Gasteiger charge is -2.01. The first kappa shape index (κ1) is 16.2. The maximum Gasteiger partial charge on any atom is 0.285 e. The lowest BCUT2D eigenvalue weighted by molar-refractivity contribution is 0.595. The first-order chi connectivity index (χ1) is 10.8. The van der Waals surface area contributed by atoms with Crippen molar-refractivity contribution in [3.05, 3.63) is 57.6 Å². The van der Waals surface area contributed by atoms with Gasteiger partial charge in [-0.1, -0.05) is 29.0 Å². The summed E-state index contributed by atoms with van der Waals surface area (Å²) in [4.78, 5) is 0.250. The van der Waals surface area contributed by atoms with Crippen LogP contribution in [0.15, 0.2) is 45.7 Å². The van der Waals surface area contributed by atoms with E-state index in [1.807, 2.05) is 13.0 Å².